The average Bonchev–Trinajstić information content (AvgIpc) is 2.57. The van der Waals surface area contributed by atoms with Crippen molar-refractivity contribution in [3.63, 3.8) is 0 Å². The molecule has 0 saturated carbocycles. The van der Waals surface area contributed by atoms with Crippen molar-refractivity contribution in [3.8, 4) is 0 Å². The van der Waals surface area contributed by atoms with E-state index in [1.54, 1.807) is 13.2 Å². The Morgan fingerprint density at radius 3 is 3.15 bits per heavy atom. The molecule has 1 atom stereocenters. The van der Waals surface area contributed by atoms with Crippen molar-refractivity contribution < 1.29 is 9.90 Å². The monoisotopic (exact) mass is 218 g/mol. The lowest BCUT2D eigenvalue weighted by atomic mass is 10.3. The van der Waals surface area contributed by atoms with E-state index in [1.165, 1.54) is 23.1 Å². The first-order valence-electron chi connectivity index (χ1n) is 3.66. The Balaban J connectivity index is 2.36. The van der Waals surface area contributed by atoms with E-state index < -0.39 is 12.0 Å². The third-order valence-electron chi connectivity index (χ3n) is 1.43. The van der Waals surface area contributed by atoms with Crippen molar-refractivity contribution in [3.05, 3.63) is 11.6 Å². The molecule has 0 aliphatic rings. The van der Waals surface area contributed by atoms with Gasteiger partial charge in [-0.15, -0.1) is 11.3 Å². The Kier molecular flexibility index (Phi) is 4.20. The van der Waals surface area contributed by atoms with E-state index in [1.807, 2.05) is 5.38 Å². The Hall–Kier alpha value is -0.590. The number of hydrogen-bond donors (Lipinski definition) is 2. The van der Waals surface area contributed by atoms with Crippen LogP contribution < -0.4 is 5.32 Å². The van der Waals surface area contributed by atoms with Crippen LogP contribution in [0.2, 0.25) is 0 Å². The summed E-state index contributed by atoms with van der Waals surface area (Å²) in [5, 5.41) is 13.3. The molecule has 0 spiro atoms. The molecule has 0 aromatic carbocycles. The van der Waals surface area contributed by atoms with Crippen LogP contribution in [-0.4, -0.2) is 34.9 Å². The number of aromatic nitrogens is 1. The maximum Gasteiger partial charge on any atom is 0.321 e. The Morgan fingerprint density at radius 2 is 2.69 bits per heavy atom. The Morgan fingerprint density at radius 1 is 1.92 bits per heavy atom. The number of nitrogens with one attached hydrogen (secondary N) is 1. The molecular weight excluding hydrogens is 208 g/mol. The van der Waals surface area contributed by atoms with Crippen molar-refractivity contribution >= 4 is 29.1 Å². The van der Waals surface area contributed by atoms with Gasteiger partial charge in [0.1, 0.15) is 10.4 Å². The van der Waals surface area contributed by atoms with Crippen LogP contribution >= 0.6 is 23.1 Å². The van der Waals surface area contributed by atoms with Crippen LogP contribution in [0.5, 0.6) is 0 Å². The summed E-state index contributed by atoms with van der Waals surface area (Å²) in [6, 6.07) is -0.506. The van der Waals surface area contributed by atoms with E-state index in [2.05, 4.69) is 10.3 Å². The van der Waals surface area contributed by atoms with Gasteiger partial charge < -0.3 is 10.4 Å². The Bertz CT molecular complexity index is 263. The highest BCUT2D eigenvalue weighted by Gasteiger charge is 2.15. The molecule has 6 heteroatoms. The maximum atomic E-state index is 10.6. The van der Waals surface area contributed by atoms with Crippen LogP contribution in [0.15, 0.2) is 15.9 Å². The van der Waals surface area contributed by atoms with Gasteiger partial charge in [0.05, 0.1) is 0 Å². The number of nitrogens with zero attached hydrogens (tertiary/aromatic N) is 1. The molecule has 1 heterocycles. The number of carboxylic acids is 1. The lowest BCUT2D eigenvalue weighted by molar-refractivity contribution is -0.138. The zero-order valence-corrected chi connectivity index (χ0v) is 8.69. The van der Waals surface area contributed by atoms with Gasteiger partial charge in [0.2, 0.25) is 0 Å². The molecule has 0 aliphatic carbocycles. The summed E-state index contributed by atoms with van der Waals surface area (Å²) in [4.78, 5) is 14.6. The van der Waals surface area contributed by atoms with Crippen molar-refractivity contribution in [1.82, 2.24) is 10.3 Å². The number of hydrogen-bond acceptors (Lipinski definition) is 5. The third-order valence-corrected chi connectivity index (χ3v) is 3.49. The molecule has 0 amide bonds. The minimum Gasteiger partial charge on any atom is -0.480 e. The van der Waals surface area contributed by atoms with E-state index in [4.69, 9.17) is 5.11 Å². The third kappa shape index (κ3) is 3.33. The van der Waals surface area contributed by atoms with Gasteiger partial charge in [-0.2, -0.15) is 0 Å². The number of carboxylic acid groups (broad SMARTS) is 1. The van der Waals surface area contributed by atoms with Gasteiger partial charge >= 0.3 is 5.97 Å². The summed E-state index contributed by atoms with van der Waals surface area (Å²) in [7, 11) is 1.64. The molecule has 0 radical (unpaired) electrons. The lowest BCUT2D eigenvalue weighted by Crippen LogP contribution is -2.35. The molecule has 1 aromatic rings. The predicted octanol–water partition coefficient (Wildman–Crippen LogP) is 0.908. The van der Waals surface area contributed by atoms with Gasteiger partial charge in [0.15, 0.2) is 0 Å². The molecule has 0 aliphatic heterocycles. The second-order valence-electron chi connectivity index (χ2n) is 2.29. The van der Waals surface area contributed by atoms with Gasteiger partial charge in [-0.25, -0.2) is 4.98 Å². The minimum atomic E-state index is -0.827. The molecule has 1 aromatic heterocycles. The molecule has 0 bridgehead atoms. The van der Waals surface area contributed by atoms with Gasteiger partial charge in [0, 0.05) is 17.3 Å². The average molecular weight is 218 g/mol. The van der Waals surface area contributed by atoms with Crippen molar-refractivity contribution in [1.29, 1.82) is 0 Å². The fourth-order valence-electron chi connectivity index (χ4n) is 0.714. The lowest BCUT2D eigenvalue weighted by Gasteiger charge is -2.08. The largest absolute Gasteiger partial charge is 0.480 e. The normalized spacial score (nSPS) is 12.7. The first-order valence-corrected chi connectivity index (χ1v) is 5.53. The van der Waals surface area contributed by atoms with Gasteiger partial charge in [0.25, 0.3) is 0 Å². The van der Waals surface area contributed by atoms with E-state index >= 15 is 0 Å². The van der Waals surface area contributed by atoms with Crippen LogP contribution in [0, 0.1) is 0 Å². The maximum absolute atomic E-state index is 10.6. The van der Waals surface area contributed by atoms with Crippen molar-refractivity contribution in [2.24, 2.45) is 0 Å². The first-order chi connectivity index (χ1) is 6.24. The van der Waals surface area contributed by atoms with Crippen molar-refractivity contribution in [2.75, 3.05) is 12.8 Å². The number of carbonyl (C=O) groups is 1. The fourth-order valence-corrected chi connectivity index (χ4v) is 2.47. The molecule has 2 N–H and O–H groups in total. The summed E-state index contributed by atoms with van der Waals surface area (Å²) < 4.78 is 0.904. The number of likely N-dealkylation sites (N-methyl/N-ethyl adjacent to an activating group) is 1. The number of aliphatic carboxylic acids is 1. The molecule has 13 heavy (non-hydrogen) atoms. The van der Waals surface area contributed by atoms with Crippen LogP contribution in [0.25, 0.3) is 0 Å². The predicted molar refractivity (Wildman–Crippen MR) is 53.3 cm³/mol. The van der Waals surface area contributed by atoms with Gasteiger partial charge in [-0.1, -0.05) is 11.8 Å². The summed E-state index contributed by atoms with van der Waals surface area (Å²) in [6.07, 6.45) is 1.71. The number of thioether (sulfide) groups is 1. The zero-order chi connectivity index (χ0) is 9.68. The van der Waals surface area contributed by atoms with Gasteiger partial charge in [-0.05, 0) is 7.05 Å². The highest BCUT2D eigenvalue weighted by atomic mass is 32.2. The Labute approximate surface area is 84.4 Å². The van der Waals surface area contributed by atoms with Crippen molar-refractivity contribution in [2.45, 2.75) is 10.4 Å². The quantitative estimate of drug-likeness (QED) is 0.719. The van der Waals surface area contributed by atoms with E-state index in [-0.39, 0.29) is 0 Å². The molecular formula is C7H10N2O2S2. The fraction of sp³-hybridized carbons (Fsp3) is 0.429. The second-order valence-corrected chi connectivity index (χ2v) is 4.45. The molecule has 0 saturated heterocycles. The highest BCUT2D eigenvalue weighted by molar-refractivity contribution is 8.01. The molecule has 1 unspecified atom stereocenters. The number of rotatable bonds is 5. The SMILES string of the molecule is CNC(CSc1nccs1)C(=O)O. The second kappa shape index (κ2) is 5.21. The summed E-state index contributed by atoms with van der Waals surface area (Å²) >= 11 is 2.97. The number of thiazole rings is 1. The standard InChI is InChI=1S/C7H10N2O2S2/c1-8-5(6(10)11)4-13-7-9-2-3-12-7/h2-3,5,8H,4H2,1H3,(H,10,11). The summed E-state index contributed by atoms with van der Waals surface area (Å²) in [6.45, 7) is 0. The molecule has 1 rings (SSSR count). The topological polar surface area (TPSA) is 62.2 Å². The zero-order valence-electron chi connectivity index (χ0n) is 7.06. The van der Waals surface area contributed by atoms with Crippen LogP contribution in [-0.2, 0) is 4.79 Å². The van der Waals surface area contributed by atoms with Crippen LogP contribution in [0.1, 0.15) is 0 Å². The minimum absolute atomic E-state index is 0.499. The molecule has 0 fully saturated rings. The summed E-state index contributed by atoms with van der Waals surface area (Å²) in [5.41, 5.74) is 0. The van der Waals surface area contributed by atoms with Crippen LogP contribution in [0.3, 0.4) is 0 Å². The van der Waals surface area contributed by atoms with Crippen LogP contribution in [0.4, 0.5) is 0 Å². The first kappa shape index (κ1) is 10.5. The molecule has 4 nitrogen and oxygen atoms in total. The highest BCUT2D eigenvalue weighted by Crippen LogP contribution is 2.20. The van der Waals surface area contributed by atoms with Gasteiger partial charge in [-0.3, -0.25) is 4.79 Å². The van der Waals surface area contributed by atoms with E-state index in [0.29, 0.717) is 5.75 Å². The smallest absolute Gasteiger partial charge is 0.321 e. The summed E-state index contributed by atoms with van der Waals surface area (Å²) in [5.74, 6) is -0.328. The van der Waals surface area contributed by atoms with E-state index in [9.17, 15) is 4.79 Å². The van der Waals surface area contributed by atoms with E-state index in [0.717, 1.165) is 4.34 Å². The molecule has 72 valence electrons.